The van der Waals surface area contributed by atoms with Crippen LogP contribution in [0, 0.1) is 0 Å². The Bertz CT molecular complexity index is 548. The topological polar surface area (TPSA) is 61.4 Å². The van der Waals surface area contributed by atoms with E-state index in [1.165, 1.54) is 6.08 Å². The lowest BCUT2D eigenvalue weighted by atomic mass is 9.86. The SMILES string of the molecule is C=CC(=O)NC1CC(NC(=O)c2ccccc2N(C)C)C1. The average molecular weight is 287 g/mol. The predicted molar refractivity (Wildman–Crippen MR) is 83.4 cm³/mol. The molecule has 2 rings (SSSR count). The van der Waals surface area contributed by atoms with Crippen LogP contribution in [0.25, 0.3) is 0 Å². The van der Waals surface area contributed by atoms with Gasteiger partial charge in [-0.05, 0) is 31.1 Å². The second-order valence-electron chi connectivity index (χ2n) is 5.46. The molecule has 0 heterocycles. The summed E-state index contributed by atoms with van der Waals surface area (Å²) in [5, 5.41) is 5.83. The minimum absolute atomic E-state index is 0.0715. The molecule has 0 saturated heterocycles. The molecule has 0 aromatic heterocycles. The fourth-order valence-electron chi connectivity index (χ4n) is 2.43. The predicted octanol–water partition coefficient (Wildman–Crippen LogP) is 1.32. The largest absolute Gasteiger partial charge is 0.377 e. The molecule has 1 saturated carbocycles. The Morgan fingerprint density at radius 2 is 1.81 bits per heavy atom. The second kappa shape index (κ2) is 6.43. The molecule has 1 aliphatic carbocycles. The van der Waals surface area contributed by atoms with Crippen molar-refractivity contribution in [1.82, 2.24) is 10.6 Å². The summed E-state index contributed by atoms with van der Waals surface area (Å²) in [6.45, 7) is 3.42. The van der Waals surface area contributed by atoms with Crippen molar-refractivity contribution in [2.75, 3.05) is 19.0 Å². The lowest BCUT2D eigenvalue weighted by Gasteiger charge is -2.36. The summed E-state index contributed by atoms with van der Waals surface area (Å²) in [7, 11) is 3.83. The van der Waals surface area contributed by atoms with Crippen molar-refractivity contribution in [3.63, 3.8) is 0 Å². The standard InChI is InChI=1S/C16H21N3O2/c1-4-15(20)17-11-9-12(10-11)18-16(21)13-7-5-6-8-14(13)19(2)3/h4-8,11-12H,1,9-10H2,2-3H3,(H,17,20)(H,18,21). The summed E-state index contributed by atoms with van der Waals surface area (Å²) < 4.78 is 0. The van der Waals surface area contributed by atoms with Gasteiger partial charge in [0.2, 0.25) is 5.91 Å². The summed E-state index contributed by atoms with van der Waals surface area (Å²) in [4.78, 5) is 25.4. The quantitative estimate of drug-likeness (QED) is 0.803. The first-order chi connectivity index (χ1) is 10.0. The van der Waals surface area contributed by atoms with Crippen molar-refractivity contribution >= 4 is 17.5 Å². The molecular weight excluding hydrogens is 266 g/mol. The van der Waals surface area contributed by atoms with Gasteiger partial charge in [0.1, 0.15) is 0 Å². The van der Waals surface area contributed by atoms with Gasteiger partial charge in [-0.1, -0.05) is 18.7 Å². The summed E-state index contributed by atoms with van der Waals surface area (Å²) in [5.41, 5.74) is 1.56. The Morgan fingerprint density at radius 3 is 2.43 bits per heavy atom. The van der Waals surface area contributed by atoms with E-state index in [0.717, 1.165) is 18.5 Å². The van der Waals surface area contributed by atoms with Gasteiger partial charge < -0.3 is 15.5 Å². The molecule has 112 valence electrons. The number of nitrogens with one attached hydrogen (secondary N) is 2. The minimum atomic E-state index is -0.164. The lowest BCUT2D eigenvalue weighted by Crippen LogP contribution is -2.53. The Labute approximate surface area is 125 Å². The zero-order valence-corrected chi connectivity index (χ0v) is 12.4. The van der Waals surface area contributed by atoms with Gasteiger partial charge in [0, 0.05) is 31.9 Å². The third-order valence-corrected chi connectivity index (χ3v) is 3.64. The number of carbonyl (C=O) groups excluding carboxylic acids is 2. The van der Waals surface area contributed by atoms with Crippen molar-refractivity contribution < 1.29 is 9.59 Å². The van der Waals surface area contributed by atoms with Crippen molar-refractivity contribution in [2.24, 2.45) is 0 Å². The van der Waals surface area contributed by atoms with Gasteiger partial charge in [-0.25, -0.2) is 0 Å². The molecule has 0 radical (unpaired) electrons. The fraction of sp³-hybridized carbons (Fsp3) is 0.375. The number of benzene rings is 1. The van der Waals surface area contributed by atoms with Crippen LogP contribution in [0.1, 0.15) is 23.2 Å². The minimum Gasteiger partial charge on any atom is -0.377 e. The number of hydrogen-bond donors (Lipinski definition) is 2. The van der Waals surface area contributed by atoms with Gasteiger partial charge in [-0.3, -0.25) is 9.59 Å². The third-order valence-electron chi connectivity index (χ3n) is 3.64. The molecule has 1 aromatic rings. The highest BCUT2D eigenvalue weighted by Crippen LogP contribution is 2.22. The average Bonchev–Trinajstić information content (AvgIpc) is 2.44. The van der Waals surface area contributed by atoms with E-state index in [0.29, 0.717) is 5.56 Å². The van der Waals surface area contributed by atoms with Gasteiger partial charge in [0.05, 0.1) is 5.56 Å². The maximum Gasteiger partial charge on any atom is 0.253 e. The van der Waals surface area contributed by atoms with E-state index in [9.17, 15) is 9.59 Å². The van der Waals surface area contributed by atoms with E-state index < -0.39 is 0 Å². The summed E-state index contributed by atoms with van der Waals surface area (Å²) >= 11 is 0. The molecule has 0 spiro atoms. The van der Waals surface area contributed by atoms with Gasteiger partial charge in [-0.2, -0.15) is 0 Å². The van der Waals surface area contributed by atoms with Crippen LogP contribution in [0.2, 0.25) is 0 Å². The third kappa shape index (κ3) is 3.62. The van der Waals surface area contributed by atoms with Gasteiger partial charge in [0.25, 0.3) is 5.91 Å². The lowest BCUT2D eigenvalue weighted by molar-refractivity contribution is -0.117. The Morgan fingerprint density at radius 1 is 1.19 bits per heavy atom. The van der Waals surface area contributed by atoms with Crippen LogP contribution < -0.4 is 15.5 Å². The number of rotatable bonds is 5. The maximum absolute atomic E-state index is 12.3. The molecule has 2 amide bonds. The molecule has 5 heteroatoms. The van der Waals surface area contributed by atoms with Crippen molar-refractivity contribution in [1.29, 1.82) is 0 Å². The molecule has 21 heavy (non-hydrogen) atoms. The van der Waals surface area contributed by atoms with Crippen LogP contribution in [0.4, 0.5) is 5.69 Å². The molecule has 0 unspecified atom stereocenters. The molecule has 1 fully saturated rings. The number of amides is 2. The second-order valence-corrected chi connectivity index (χ2v) is 5.46. The van der Waals surface area contributed by atoms with Crippen LogP contribution >= 0.6 is 0 Å². The number of carbonyl (C=O) groups is 2. The Kier molecular flexibility index (Phi) is 4.62. The van der Waals surface area contributed by atoms with Gasteiger partial charge in [0.15, 0.2) is 0 Å². The Hall–Kier alpha value is -2.30. The van der Waals surface area contributed by atoms with Crippen molar-refractivity contribution in [3.8, 4) is 0 Å². The van der Waals surface area contributed by atoms with Crippen LogP contribution in [0.3, 0.4) is 0 Å². The number of nitrogens with zero attached hydrogens (tertiary/aromatic N) is 1. The maximum atomic E-state index is 12.3. The first-order valence-corrected chi connectivity index (χ1v) is 7.01. The first-order valence-electron chi connectivity index (χ1n) is 7.01. The van der Waals surface area contributed by atoms with Gasteiger partial charge >= 0.3 is 0 Å². The van der Waals surface area contributed by atoms with Crippen molar-refractivity contribution in [3.05, 3.63) is 42.5 Å². The summed E-state index contributed by atoms with van der Waals surface area (Å²) in [5.74, 6) is -0.236. The van der Waals surface area contributed by atoms with E-state index in [4.69, 9.17) is 0 Å². The first kappa shape index (κ1) is 15.1. The number of para-hydroxylation sites is 1. The monoisotopic (exact) mass is 287 g/mol. The normalized spacial score (nSPS) is 20.1. The zero-order chi connectivity index (χ0) is 15.4. The molecule has 0 aliphatic heterocycles. The Balaban J connectivity index is 1.90. The molecule has 0 bridgehead atoms. The molecule has 5 nitrogen and oxygen atoms in total. The van der Waals surface area contributed by atoms with Crippen LogP contribution in [0.5, 0.6) is 0 Å². The van der Waals surface area contributed by atoms with E-state index in [2.05, 4.69) is 17.2 Å². The molecule has 1 aromatic carbocycles. The summed E-state index contributed by atoms with van der Waals surface area (Å²) in [6, 6.07) is 7.75. The number of hydrogen-bond acceptors (Lipinski definition) is 3. The van der Waals surface area contributed by atoms with Gasteiger partial charge in [-0.15, -0.1) is 0 Å². The van der Waals surface area contributed by atoms with Crippen LogP contribution in [0.15, 0.2) is 36.9 Å². The smallest absolute Gasteiger partial charge is 0.253 e. The fourth-order valence-corrected chi connectivity index (χ4v) is 2.43. The van der Waals surface area contributed by atoms with E-state index in [1.807, 2.05) is 43.3 Å². The van der Waals surface area contributed by atoms with Crippen molar-refractivity contribution in [2.45, 2.75) is 24.9 Å². The molecule has 0 atom stereocenters. The highest BCUT2D eigenvalue weighted by molar-refractivity contribution is 6.00. The van der Waals surface area contributed by atoms with Crippen LogP contribution in [-0.2, 0) is 4.79 Å². The van der Waals surface area contributed by atoms with Crippen LogP contribution in [-0.4, -0.2) is 38.0 Å². The van der Waals surface area contributed by atoms with E-state index in [1.54, 1.807) is 0 Å². The van der Waals surface area contributed by atoms with E-state index in [-0.39, 0.29) is 23.9 Å². The highest BCUT2D eigenvalue weighted by Gasteiger charge is 2.31. The zero-order valence-electron chi connectivity index (χ0n) is 12.4. The molecular formula is C16H21N3O2. The molecule has 1 aliphatic rings. The van der Waals surface area contributed by atoms with E-state index >= 15 is 0 Å². The summed E-state index contributed by atoms with van der Waals surface area (Å²) in [6.07, 6.45) is 2.78. The highest BCUT2D eigenvalue weighted by atomic mass is 16.2. The molecule has 2 N–H and O–H groups in total. The number of anilines is 1.